The first-order valence-corrected chi connectivity index (χ1v) is 6.94. The zero-order chi connectivity index (χ0) is 13.4. The highest BCUT2D eigenvalue weighted by atomic mass is 16.7. The molecule has 0 aliphatic carbocycles. The molecule has 0 N–H and O–H groups in total. The number of hydrogen-bond acceptors (Lipinski definition) is 4. The summed E-state index contributed by atoms with van der Waals surface area (Å²) in [5, 5.41) is 0. The van der Waals surface area contributed by atoms with Gasteiger partial charge in [0.25, 0.3) is 0 Å². The molecule has 0 saturated carbocycles. The standard InChI is InChI=1S/C15H21NO3/c1-4-16-8-12(5-10(16)2)11-6-13(17-3)15-14(7-11)18-9-19-15/h6-7,10,12H,4-5,8-9H2,1-3H3. The molecule has 4 heteroatoms. The van der Waals surface area contributed by atoms with Crippen molar-refractivity contribution < 1.29 is 14.2 Å². The van der Waals surface area contributed by atoms with Crippen molar-refractivity contribution in [3.63, 3.8) is 0 Å². The van der Waals surface area contributed by atoms with Gasteiger partial charge in [0.15, 0.2) is 11.5 Å². The van der Waals surface area contributed by atoms with Crippen LogP contribution in [0.15, 0.2) is 12.1 Å². The minimum atomic E-state index is 0.289. The van der Waals surface area contributed by atoms with Gasteiger partial charge < -0.3 is 19.1 Å². The lowest BCUT2D eigenvalue weighted by atomic mass is 9.96. The van der Waals surface area contributed by atoms with E-state index in [4.69, 9.17) is 14.2 Å². The predicted molar refractivity (Wildman–Crippen MR) is 73.2 cm³/mol. The summed E-state index contributed by atoms with van der Waals surface area (Å²) in [5.41, 5.74) is 1.30. The Morgan fingerprint density at radius 3 is 2.89 bits per heavy atom. The van der Waals surface area contributed by atoms with Gasteiger partial charge in [-0.25, -0.2) is 0 Å². The molecule has 1 aromatic rings. The minimum absolute atomic E-state index is 0.289. The van der Waals surface area contributed by atoms with Gasteiger partial charge in [-0.15, -0.1) is 0 Å². The van der Waals surface area contributed by atoms with Crippen LogP contribution in [0, 0.1) is 0 Å². The molecule has 1 fully saturated rings. The lowest BCUT2D eigenvalue weighted by Gasteiger charge is -2.18. The highest BCUT2D eigenvalue weighted by Gasteiger charge is 2.31. The maximum Gasteiger partial charge on any atom is 0.231 e. The molecule has 1 saturated heterocycles. The maximum atomic E-state index is 5.51. The van der Waals surface area contributed by atoms with Gasteiger partial charge in [0, 0.05) is 12.6 Å². The van der Waals surface area contributed by atoms with E-state index in [1.807, 2.05) is 0 Å². The normalized spacial score (nSPS) is 25.8. The Balaban J connectivity index is 1.90. The molecule has 0 radical (unpaired) electrons. The molecule has 0 bridgehead atoms. The van der Waals surface area contributed by atoms with Gasteiger partial charge in [-0.1, -0.05) is 6.92 Å². The first kappa shape index (κ1) is 12.6. The third-order valence-corrected chi connectivity index (χ3v) is 4.26. The van der Waals surface area contributed by atoms with Crippen LogP contribution in [0.1, 0.15) is 31.7 Å². The first-order chi connectivity index (χ1) is 9.22. The number of likely N-dealkylation sites (N-methyl/N-ethyl adjacent to an activating group) is 1. The second kappa shape index (κ2) is 4.93. The van der Waals surface area contributed by atoms with Gasteiger partial charge in [0.05, 0.1) is 7.11 Å². The molecule has 2 atom stereocenters. The van der Waals surface area contributed by atoms with Crippen LogP contribution in [-0.4, -0.2) is 37.9 Å². The van der Waals surface area contributed by atoms with E-state index in [-0.39, 0.29) is 6.79 Å². The molecule has 0 spiro atoms. The van der Waals surface area contributed by atoms with E-state index in [1.54, 1.807) is 7.11 Å². The Bertz CT molecular complexity index is 475. The van der Waals surface area contributed by atoms with Crippen molar-refractivity contribution in [3.8, 4) is 17.2 Å². The fourth-order valence-electron chi connectivity index (χ4n) is 3.17. The number of methoxy groups -OCH3 is 1. The topological polar surface area (TPSA) is 30.9 Å². The van der Waals surface area contributed by atoms with Crippen molar-refractivity contribution >= 4 is 0 Å². The lowest BCUT2D eigenvalue weighted by molar-refractivity contribution is 0.171. The average molecular weight is 263 g/mol. The number of nitrogens with zero attached hydrogens (tertiary/aromatic N) is 1. The number of rotatable bonds is 3. The van der Waals surface area contributed by atoms with E-state index in [1.165, 1.54) is 12.0 Å². The van der Waals surface area contributed by atoms with E-state index in [9.17, 15) is 0 Å². The molecule has 2 aliphatic heterocycles. The quantitative estimate of drug-likeness (QED) is 0.839. The summed E-state index contributed by atoms with van der Waals surface area (Å²) >= 11 is 0. The maximum absolute atomic E-state index is 5.51. The summed E-state index contributed by atoms with van der Waals surface area (Å²) in [6.45, 7) is 7.03. The fraction of sp³-hybridized carbons (Fsp3) is 0.600. The van der Waals surface area contributed by atoms with Gasteiger partial charge in [-0.2, -0.15) is 0 Å². The fourth-order valence-corrected chi connectivity index (χ4v) is 3.17. The van der Waals surface area contributed by atoms with Crippen LogP contribution in [0.25, 0.3) is 0 Å². The van der Waals surface area contributed by atoms with Gasteiger partial charge in [-0.3, -0.25) is 0 Å². The summed E-state index contributed by atoms with van der Waals surface area (Å²) in [4.78, 5) is 2.52. The molecule has 1 aromatic carbocycles. The number of benzene rings is 1. The Morgan fingerprint density at radius 1 is 1.37 bits per heavy atom. The number of likely N-dealkylation sites (tertiary alicyclic amines) is 1. The molecule has 2 heterocycles. The van der Waals surface area contributed by atoms with Crippen LogP contribution < -0.4 is 14.2 Å². The second-order valence-corrected chi connectivity index (χ2v) is 5.33. The van der Waals surface area contributed by atoms with Crippen molar-refractivity contribution in [2.45, 2.75) is 32.2 Å². The van der Waals surface area contributed by atoms with E-state index in [0.717, 1.165) is 30.3 Å². The molecular formula is C15H21NO3. The molecular weight excluding hydrogens is 242 g/mol. The second-order valence-electron chi connectivity index (χ2n) is 5.33. The third kappa shape index (κ3) is 2.14. The molecule has 0 amide bonds. The molecule has 104 valence electrons. The van der Waals surface area contributed by atoms with Gasteiger partial charge in [0.2, 0.25) is 12.5 Å². The van der Waals surface area contributed by atoms with E-state index in [0.29, 0.717) is 12.0 Å². The van der Waals surface area contributed by atoms with Crippen molar-refractivity contribution in [2.75, 3.05) is 27.0 Å². The van der Waals surface area contributed by atoms with E-state index >= 15 is 0 Å². The molecule has 3 rings (SSSR count). The highest BCUT2D eigenvalue weighted by molar-refractivity contribution is 5.55. The monoisotopic (exact) mass is 263 g/mol. The number of ether oxygens (including phenoxy) is 3. The third-order valence-electron chi connectivity index (χ3n) is 4.26. The van der Waals surface area contributed by atoms with Crippen molar-refractivity contribution in [1.82, 2.24) is 4.90 Å². The van der Waals surface area contributed by atoms with Crippen molar-refractivity contribution in [1.29, 1.82) is 0 Å². The zero-order valence-corrected chi connectivity index (χ0v) is 11.8. The summed E-state index contributed by atoms with van der Waals surface area (Å²) < 4.78 is 16.4. The molecule has 4 nitrogen and oxygen atoms in total. The number of hydrogen-bond donors (Lipinski definition) is 0. The van der Waals surface area contributed by atoms with Gasteiger partial charge in [-0.05, 0) is 43.5 Å². The molecule has 2 aliphatic rings. The smallest absolute Gasteiger partial charge is 0.231 e. The average Bonchev–Trinajstić information content (AvgIpc) is 3.03. The SMILES string of the molecule is CCN1CC(c2cc(OC)c3c(c2)OCO3)CC1C. The predicted octanol–water partition coefficient (Wildman–Crippen LogP) is 2.62. The molecule has 2 unspecified atom stereocenters. The summed E-state index contributed by atoms with van der Waals surface area (Å²) in [6.07, 6.45) is 1.19. The molecule has 19 heavy (non-hydrogen) atoms. The summed E-state index contributed by atoms with van der Waals surface area (Å²) in [7, 11) is 1.68. The Kier molecular flexibility index (Phi) is 3.27. The highest BCUT2D eigenvalue weighted by Crippen LogP contribution is 2.45. The number of fused-ring (bicyclic) bond motifs is 1. The summed E-state index contributed by atoms with van der Waals surface area (Å²) in [6, 6.07) is 4.86. The Morgan fingerprint density at radius 2 is 2.21 bits per heavy atom. The van der Waals surface area contributed by atoms with E-state index < -0.39 is 0 Å². The van der Waals surface area contributed by atoms with Crippen LogP contribution in [0.3, 0.4) is 0 Å². The van der Waals surface area contributed by atoms with Crippen LogP contribution in [0.5, 0.6) is 17.2 Å². The minimum Gasteiger partial charge on any atom is -0.493 e. The van der Waals surface area contributed by atoms with Crippen molar-refractivity contribution in [2.24, 2.45) is 0 Å². The van der Waals surface area contributed by atoms with Crippen molar-refractivity contribution in [3.05, 3.63) is 17.7 Å². The summed E-state index contributed by atoms with van der Waals surface area (Å²) in [5.74, 6) is 2.90. The Hall–Kier alpha value is -1.42. The van der Waals surface area contributed by atoms with Crippen LogP contribution in [-0.2, 0) is 0 Å². The largest absolute Gasteiger partial charge is 0.493 e. The first-order valence-electron chi connectivity index (χ1n) is 6.94. The van der Waals surface area contributed by atoms with Crippen LogP contribution in [0.4, 0.5) is 0 Å². The van der Waals surface area contributed by atoms with Crippen LogP contribution >= 0.6 is 0 Å². The van der Waals surface area contributed by atoms with Gasteiger partial charge >= 0.3 is 0 Å². The van der Waals surface area contributed by atoms with E-state index in [2.05, 4.69) is 30.9 Å². The lowest BCUT2D eigenvalue weighted by Crippen LogP contribution is -2.26. The van der Waals surface area contributed by atoms with Crippen LogP contribution in [0.2, 0.25) is 0 Å². The molecule has 0 aromatic heterocycles. The zero-order valence-electron chi connectivity index (χ0n) is 11.8. The van der Waals surface area contributed by atoms with Gasteiger partial charge in [0.1, 0.15) is 0 Å². The Labute approximate surface area is 114 Å².